The lowest BCUT2D eigenvalue weighted by molar-refractivity contribution is -0.122. The van der Waals surface area contributed by atoms with Crippen LogP contribution in [0.25, 0.3) is 0 Å². The molecule has 0 aromatic heterocycles. The summed E-state index contributed by atoms with van der Waals surface area (Å²) in [6.45, 7) is 3.06. The predicted octanol–water partition coefficient (Wildman–Crippen LogP) is 2.86. The number of nitrogens with two attached hydrogens (primary N) is 1. The SMILES string of the molecule is CC(C(=O)Nc1ccccc1N)N1CCCC2CCCC21. The zero-order chi connectivity index (χ0) is 14.8. The van der Waals surface area contributed by atoms with E-state index in [9.17, 15) is 4.79 Å². The molecule has 1 aromatic carbocycles. The molecule has 3 unspecified atom stereocenters. The van der Waals surface area contributed by atoms with Crippen molar-refractivity contribution >= 4 is 17.3 Å². The minimum absolute atomic E-state index is 0.0560. The number of para-hydroxylation sites is 2. The molecule has 3 N–H and O–H groups in total. The van der Waals surface area contributed by atoms with Gasteiger partial charge in [0.05, 0.1) is 17.4 Å². The van der Waals surface area contributed by atoms with Crippen LogP contribution in [0.3, 0.4) is 0 Å². The molecule has 1 aliphatic heterocycles. The summed E-state index contributed by atoms with van der Waals surface area (Å²) in [5.74, 6) is 0.858. The van der Waals surface area contributed by atoms with Crippen molar-refractivity contribution < 1.29 is 4.79 Å². The Balaban J connectivity index is 1.68. The summed E-state index contributed by atoms with van der Waals surface area (Å²) in [5, 5.41) is 2.98. The zero-order valence-electron chi connectivity index (χ0n) is 12.7. The van der Waals surface area contributed by atoms with Crippen LogP contribution in [-0.2, 0) is 4.79 Å². The van der Waals surface area contributed by atoms with Gasteiger partial charge in [-0.15, -0.1) is 0 Å². The van der Waals surface area contributed by atoms with Gasteiger partial charge in [0.1, 0.15) is 0 Å². The van der Waals surface area contributed by atoms with E-state index in [1.165, 1.54) is 32.1 Å². The Morgan fingerprint density at radius 2 is 2.05 bits per heavy atom. The van der Waals surface area contributed by atoms with Crippen LogP contribution in [0.5, 0.6) is 0 Å². The fraction of sp³-hybridized carbons (Fsp3) is 0.588. The standard InChI is InChI=1S/C17H25N3O/c1-12(17(21)19-15-9-3-2-8-14(15)18)20-11-5-7-13-6-4-10-16(13)20/h2-3,8-9,12-13,16H,4-7,10-11,18H2,1H3,(H,19,21). The molecular weight excluding hydrogens is 262 g/mol. The molecule has 1 saturated carbocycles. The van der Waals surface area contributed by atoms with Gasteiger partial charge in [-0.1, -0.05) is 18.6 Å². The number of nitrogens with one attached hydrogen (secondary N) is 1. The first kappa shape index (κ1) is 14.4. The lowest BCUT2D eigenvalue weighted by atomic mass is 9.90. The van der Waals surface area contributed by atoms with E-state index in [-0.39, 0.29) is 11.9 Å². The maximum absolute atomic E-state index is 12.5. The topological polar surface area (TPSA) is 58.4 Å². The maximum Gasteiger partial charge on any atom is 0.241 e. The normalized spacial score (nSPS) is 27.1. The number of carbonyl (C=O) groups is 1. The third kappa shape index (κ3) is 2.91. The molecule has 114 valence electrons. The number of benzene rings is 1. The molecule has 3 rings (SSSR count). The number of anilines is 2. The molecule has 0 bridgehead atoms. The van der Waals surface area contributed by atoms with E-state index in [1.807, 2.05) is 31.2 Å². The predicted molar refractivity (Wildman–Crippen MR) is 86.0 cm³/mol. The second kappa shape index (κ2) is 6.06. The van der Waals surface area contributed by atoms with Crippen molar-refractivity contribution in [2.45, 2.75) is 51.1 Å². The van der Waals surface area contributed by atoms with Crippen LogP contribution in [0.15, 0.2) is 24.3 Å². The van der Waals surface area contributed by atoms with Gasteiger partial charge in [0, 0.05) is 6.04 Å². The smallest absolute Gasteiger partial charge is 0.241 e. The molecule has 4 nitrogen and oxygen atoms in total. The lowest BCUT2D eigenvalue weighted by Gasteiger charge is -2.40. The summed E-state index contributed by atoms with van der Waals surface area (Å²) in [7, 11) is 0. The van der Waals surface area contributed by atoms with Crippen molar-refractivity contribution in [2.75, 3.05) is 17.6 Å². The molecule has 1 heterocycles. The number of rotatable bonds is 3. The Kier molecular flexibility index (Phi) is 4.15. The Bertz CT molecular complexity index is 517. The van der Waals surface area contributed by atoms with Crippen LogP contribution >= 0.6 is 0 Å². The van der Waals surface area contributed by atoms with Crippen LogP contribution < -0.4 is 11.1 Å². The van der Waals surface area contributed by atoms with Gasteiger partial charge in [0.25, 0.3) is 0 Å². The van der Waals surface area contributed by atoms with E-state index in [1.54, 1.807) is 0 Å². The van der Waals surface area contributed by atoms with Gasteiger partial charge in [-0.3, -0.25) is 9.69 Å². The average Bonchev–Trinajstić information content (AvgIpc) is 2.97. The largest absolute Gasteiger partial charge is 0.397 e. The number of fused-ring (bicyclic) bond motifs is 1. The lowest BCUT2D eigenvalue weighted by Crippen LogP contribution is -2.51. The van der Waals surface area contributed by atoms with E-state index in [0.29, 0.717) is 17.4 Å². The molecule has 4 heteroatoms. The van der Waals surface area contributed by atoms with E-state index in [0.717, 1.165) is 12.5 Å². The minimum atomic E-state index is -0.0875. The third-order valence-corrected chi connectivity index (χ3v) is 5.13. The van der Waals surface area contributed by atoms with E-state index >= 15 is 0 Å². The van der Waals surface area contributed by atoms with Crippen molar-refractivity contribution in [1.29, 1.82) is 0 Å². The number of nitrogens with zero attached hydrogens (tertiary/aromatic N) is 1. The molecule has 1 amide bonds. The van der Waals surface area contributed by atoms with Crippen LogP contribution in [0.4, 0.5) is 11.4 Å². The number of hydrogen-bond donors (Lipinski definition) is 2. The van der Waals surface area contributed by atoms with Gasteiger partial charge in [-0.05, 0) is 57.2 Å². The molecular formula is C17H25N3O. The molecule has 0 spiro atoms. The first-order valence-electron chi connectivity index (χ1n) is 8.08. The second-order valence-corrected chi connectivity index (χ2v) is 6.39. The highest BCUT2D eigenvalue weighted by Gasteiger charge is 2.38. The molecule has 2 aliphatic rings. The number of amides is 1. The van der Waals surface area contributed by atoms with Crippen molar-refractivity contribution in [3.05, 3.63) is 24.3 Å². The van der Waals surface area contributed by atoms with Gasteiger partial charge in [-0.2, -0.15) is 0 Å². The highest BCUT2D eigenvalue weighted by Crippen LogP contribution is 2.37. The van der Waals surface area contributed by atoms with Crippen molar-refractivity contribution in [2.24, 2.45) is 5.92 Å². The van der Waals surface area contributed by atoms with E-state index in [2.05, 4.69) is 10.2 Å². The fourth-order valence-corrected chi connectivity index (χ4v) is 3.97. The monoisotopic (exact) mass is 287 g/mol. The molecule has 2 fully saturated rings. The van der Waals surface area contributed by atoms with Crippen molar-refractivity contribution in [3.63, 3.8) is 0 Å². The zero-order valence-corrected chi connectivity index (χ0v) is 12.7. The van der Waals surface area contributed by atoms with Crippen LogP contribution in [-0.4, -0.2) is 29.4 Å². The first-order valence-corrected chi connectivity index (χ1v) is 8.08. The summed E-state index contributed by atoms with van der Waals surface area (Å²) in [5.41, 5.74) is 7.24. The average molecular weight is 287 g/mol. The Hall–Kier alpha value is -1.55. The Labute approximate surface area is 126 Å². The first-order chi connectivity index (χ1) is 10.2. The molecule has 21 heavy (non-hydrogen) atoms. The van der Waals surface area contributed by atoms with Gasteiger partial charge < -0.3 is 11.1 Å². The van der Waals surface area contributed by atoms with Gasteiger partial charge in [-0.25, -0.2) is 0 Å². The van der Waals surface area contributed by atoms with Crippen molar-refractivity contribution in [3.8, 4) is 0 Å². The summed E-state index contributed by atoms with van der Waals surface area (Å²) < 4.78 is 0. The number of hydrogen-bond acceptors (Lipinski definition) is 3. The highest BCUT2D eigenvalue weighted by atomic mass is 16.2. The molecule has 1 aromatic rings. The van der Waals surface area contributed by atoms with E-state index in [4.69, 9.17) is 5.73 Å². The number of piperidine rings is 1. The third-order valence-electron chi connectivity index (χ3n) is 5.13. The Morgan fingerprint density at radius 3 is 2.86 bits per heavy atom. The fourth-order valence-electron chi connectivity index (χ4n) is 3.97. The molecule has 0 radical (unpaired) electrons. The Morgan fingerprint density at radius 1 is 1.29 bits per heavy atom. The van der Waals surface area contributed by atoms with Crippen LogP contribution in [0, 0.1) is 5.92 Å². The second-order valence-electron chi connectivity index (χ2n) is 6.39. The summed E-state index contributed by atoms with van der Waals surface area (Å²) >= 11 is 0. The summed E-state index contributed by atoms with van der Waals surface area (Å²) in [6.07, 6.45) is 6.44. The maximum atomic E-state index is 12.5. The van der Waals surface area contributed by atoms with E-state index < -0.39 is 0 Å². The highest BCUT2D eigenvalue weighted by molar-refractivity contribution is 5.97. The van der Waals surface area contributed by atoms with Crippen LogP contribution in [0.2, 0.25) is 0 Å². The molecule has 3 atom stereocenters. The number of likely N-dealkylation sites (tertiary alicyclic amines) is 1. The number of nitrogen functional groups attached to an aromatic ring is 1. The van der Waals surface area contributed by atoms with Crippen molar-refractivity contribution in [1.82, 2.24) is 4.90 Å². The van der Waals surface area contributed by atoms with Gasteiger partial charge in [0.15, 0.2) is 0 Å². The van der Waals surface area contributed by atoms with Gasteiger partial charge in [0.2, 0.25) is 5.91 Å². The quantitative estimate of drug-likeness (QED) is 0.840. The van der Waals surface area contributed by atoms with Gasteiger partial charge >= 0.3 is 0 Å². The summed E-state index contributed by atoms with van der Waals surface area (Å²) in [6, 6.07) is 7.96. The molecule has 1 aliphatic carbocycles. The number of carbonyl (C=O) groups excluding carboxylic acids is 1. The van der Waals surface area contributed by atoms with Crippen LogP contribution in [0.1, 0.15) is 39.0 Å². The molecule has 1 saturated heterocycles. The summed E-state index contributed by atoms with van der Waals surface area (Å²) in [4.78, 5) is 15.0. The minimum Gasteiger partial charge on any atom is -0.397 e.